The van der Waals surface area contributed by atoms with Gasteiger partial charge in [0.2, 0.25) is 0 Å². The Hall–Kier alpha value is -2.92. The molecule has 2 heterocycles. The van der Waals surface area contributed by atoms with E-state index in [2.05, 4.69) is 11.9 Å². The van der Waals surface area contributed by atoms with Crippen LogP contribution in [0.1, 0.15) is 10.4 Å². The maximum Gasteiger partial charge on any atom is 0.258 e. The number of aromatic nitrogens is 1. The molecule has 0 spiro atoms. The summed E-state index contributed by atoms with van der Waals surface area (Å²) < 4.78 is 1.61. The Morgan fingerprint density at radius 2 is 1.48 bits per heavy atom. The van der Waals surface area contributed by atoms with Crippen molar-refractivity contribution in [3.63, 3.8) is 0 Å². The Labute approximate surface area is 158 Å². The fourth-order valence-corrected chi connectivity index (χ4v) is 3.63. The predicted octanol–water partition coefficient (Wildman–Crippen LogP) is 2.59. The summed E-state index contributed by atoms with van der Waals surface area (Å²) in [4.78, 5) is 29.2. The third kappa shape index (κ3) is 3.26. The molecule has 1 aromatic heterocycles. The van der Waals surface area contributed by atoms with Crippen molar-refractivity contribution in [3.8, 4) is 11.1 Å². The average molecular weight is 361 g/mol. The molecule has 2 aromatic carbocycles. The van der Waals surface area contributed by atoms with Gasteiger partial charge in [-0.2, -0.15) is 0 Å². The highest BCUT2D eigenvalue weighted by Gasteiger charge is 2.20. The van der Waals surface area contributed by atoms with Crippen molar-refractivity contribution in [2.45, 2.75) is 0 Å². The van der Waals surface area contributed by atoms with Gasteiger partial charge in [-0.1, -0.05) is 30.3 Å². The van der Waals surface area contributed by atoms with Crippen LogP contribution in [0, 0.1) is 0 Å². The summed E-state index contributed by atoms with van der Waals surface area (Å²) >= 11 is 0. The lowest BCUT2D eigenvalue weighted by molar-refractivity contribution is 0.0664. The van der Waals surface area contributed by atoms with Gasteiger partial charge in [-0.15, -0.1) is 0 Å². The van der Waals surface area contributed by atoms with Gasteiger partial charge >= 0.3 is 0 Å². The summed E-state index contributed by atoms with van der Waals surface area (Å²) in [6.45, 7) is 3.35. The zero-order valence-corrected chi connectivity index (χ0v) is 15.7. The third-order valence-corrected chi connectivity index (χ3v) is 5.32. The number of hydrogen-bond acceptors (Lipinski definition) is 3. The normalized spacial score (nSPS) is 15.3. The molecular formula is C22H23N3O2. The number of piperazine rings is 1. The number of carbonyl (C=O) groups is 1. The molecule has 1 aliphatic heterocycles. The van der Waals surface area contributed by atoms with Crippen LogP contribution in [0.4, 0.5) is 0 Å². The van der Waals surface area contributed by atoms with Crippen molar-refractivity contribution in [1.29, 1.82) is 0 Å². The molecule has 0 aliphatic carbocycles. The van der Waals surface area contributed by atoms with Crippen LogP contribution in [-0.2, 0) is 7.05 Å². The molecule has 0 saturated carbocycles. The molecule has 0 radical (unpaired) electrons. The molecule has 1 fully saturated rings. The molecule has 0 unspecified atom stereocenters. The van der Waals surface area contributed by atoms with Crippen LogP contribution in [0.2, 0.25) is 0 Å². The van der Waals surface area contributed by atoms with Gasteiger partial charge < -0.3 is 14.4 Å². The molecule has 1 aliphatic rings. The van der Waals surface area contributed by atoms with E-state index >= 15 is 0 Å². The van der Waals surface area contributed by atoms with Crippen LogP contribution in [0.25, 0.3) is 21.9 Å². The maximum atomic E-state index is 12.7. The van der Waals surface area contributed by atoms with Crippen molar-refractivity contribution in [2.24, 2.45) is 7.05 Å². The Kier molecular flexibility index (Phi) is 4.54. The van der Waals surface area contributed by atoms with Crippen LogP contribution in [0.15, 0.2) is 59.5 Å². The topological polar surface area (TPSA) is 45.5 Å². The van der Waals surface area contributed by atoms with E-state index in [4.69, 9.17) is 0 Å². The Morgan fingerprint density at radius 1 is 0.852 bits per heavy atom. The van der Waals surface area contributed by atoms with Gasteiger partial charge in [0.05, 0.1) is 0 Å². The molecule has 1 amide bonds. The highest BCUT2D eigenvalue weighted by atomic mass is 16.2. The van der Waals surface area contributed by atoms with Gasteiger partial charge in [0, 0.05) is 55.9 Å². The van der Waals surface area contributed by atoms with Gasteiger partial charge in [-0.25, -0.2) is 0 Å². The van der Waals surface area contributed by atoms with E-state index in [1.807, 2.05) is 59.6 Å². The Balaban J connectivity index is 1.67. The van der Waals surface area contributed by atoms with Crippen molar-refractivity contribution in [3.05, 3.63) is 70.6 Å². The lowest BCUT2D eigenvalue weighted by atomic mass is 9.99. The lowest BCUT2D eigenvalue weighted by Crippen LogP contribution is -2.47. The number of nitrogens with zero attached hydrogens (tertiary/aromatic N) is 3. The standard InChI is InChI=1S/C22H23N3O2/c1-23-11-13-25(14-12-23)21(26)17-9-7-16(8-10-17)20-15-24(2)22(27)19-6-4-3-5-18(19)20/h3-10,15H,11-14H2,1-2H3. The molecule has 27 heavy (non-hydrogen) atoms. The number of fused-ring (bicyclic) bond motifs is 1. The predicted molar refractivity (Wildman–Crippen MR) is 108 cm³/mol. The number of likely N-dealkylation sites (N-methyl/N-ethyl adjacent to an activating group) is 1. The summed E-state index contributed by atoms with van der Waals surface area (Å²) in [5, 5.41) is 1.63. The van der Waals surface area contributed by atoms with E-state index in [1.54, 1.807) is 11.6 Å². The first-order chi connectivity index (χ1) is 13.0. The quantitative estimate of drug-likeness (QED) is 0.705. The van der Waals surface area contributed by atoms with Crippen LogP contribution < -0.4 is 5.56 Å². The second kappa shape index (κ2) is 7.00. The minimum Gasteiger partial charge on any atom is -0.336 e. The number of pyridine rings is 1. The number of amides is 1. The number of hydrogen-bond donors (Lipinski definition) is 0. The van der Waals surface area contributed by atoms with Crippen LogP contribution in [0.5, 0.6) is 0 Å². The van der Waals surface area contributed by atoms with Crippen molar-refractivity contribution in [1.82, 2.24) is 14.4 Å². The van der Waals surface area contributed by atoms with Crippen molar-refractivity contribution < 1.29 is 4.79 Å². The molecule has 4 rings (SSSR count). The summed E-state index contributed by atoms with van der Waals surface area (Å²) in [6.07, 6.45) is 1.86. The molecule has 0 bridgehead atoms. The zero-order chi connectivity index (χ0) is 19.0. The number of aryl methyl sites for hydroxylation is 1. The first-order valence-electron chi connectivity index (χ1n) is 9.21. The zero-order valence-electron chi connectivity index (χ0n) is 15.7. The molecule has 1 saturated heterocycles. The van der Waals surface area contributed by atoms with Gasteiger partial charge in [0.1, 0.15) is 0 Å². The Bertz CT molecular complexity index is 1050. The minimum absolute atomic E-state index is 0.00351. The van der Waals surface area contributed by atoms with E-state index in [-0.39, 0.29) is 11.5 Å². The SMILES string of the molecule is CN1CCN(C(=O)c2ccc(-c3cn(C)c(=O)c4ccccc34)cc2)CC1. The van der Waals surface area contributed by atoms with E-state index < -0.39 is 0 Å². The summed E-state index contributed by atoms with van der Waals surface area (Å²) in [5.74, 6) is 0.0833. The average Bonchev–Trinajstić information content (AvgIpc) is 2.71. The van der Waals surface area contributed by atoms with Crippen LogP contribution in [0.3, 0.4) is 0 Å². The fourth-order valence-electron chi connectivity index (χ4n) is 3.63. The lowest BCUT2D eigenvalue weighted by Gasteiger charge is -2.32. The largest absolute Gasteiger partial charge is 0.336 e. The second-order valence-corrected chi connectivity index (χ2v) is 7.18. The highest BCUT2D eigenvalue weighted by Crippen LogP contribution is 2.27. The monoisotopic (exact) mass is 361 g/mol. The third-order valence-electron chi connectivity index (χ3n) is 5.32. The first-order valence-corrected chi connectivity index (χ1v) is 9.21. The van der Waals surface area contributed by atoms with Gasteiger partial charge in [0.25, 0.3) is 11.5 Å². The fraction of sp³-hybridized carbons (Fsp3) is 0.273. The van der Waals surface area contributed by atoms with Crippen molar-refractivity contribution in [2.75, 3.05) is 33.2 Å². The highest BCUT2D eigenvalue weighted by molar-refractivity contribution is 5.98. The molecule has 5 nitrogen and oxygen atoms in total. The first kappa shape index (κ1) is 17.5. The Morgan fingerprint density at radius 3 is 2.15 bits per heavy atom. The molecule has 5 heteroatoms. The van der Waals surface area contributed by atoms with Crippen molar-refractivity contribution >= 4 is 16.7 Å². The van der Waals surface area contributed by atoms with Gasteiger partial charge in [-0.05, 0) is 36.2 Å². The second-order valence-electron chi connectivity index (χ2n) is 7.18. The smallest absolute Gasteiger partial charge is 0.258 e. The molecular weight excluding hydrogens is 338 g/mol. The number of rotatable bonds is 2. The van der Waals surface area contributed by atoms with E-state index in [9.17, 15) is 9.59 Å². The van der Waals surface area contributed by atoms with Gasteiger partial charge in [0.15, 0.2) is 0 Å². The summed E-state index contributed by atoms with van der Waals surface area (Å²) in [6, 6.07) is 15.3. The number of benzene rings is 2. The minimum atomic E-state index is -0.00351. The maximum absolute atomic E-state index is 12.7. The molecule has 3 aromatic rings. The number of carbonyl (C=O) groups excluding carboxylic acids is 1. The van der Waals surface area contributed by atoms with E-state index in [1.165, 1.54) is 0 Å². The van der Waals surface area contributed by atoms with Gasteiger partial charge in [-0.3, -0.25) is 9.59 Å². The van der Waals surface area contributed by atoms with E-state index in [0.29, 0.717) is 10.9 Å². The molecule has 0 atom stereocenters. The van der Waals surface area contributed by atoms with E-state index in [0.717, 1.165) is 42.7 Å². The summed E-state index contributed by atoms with van der Waals surface area (Å²) in [5.41, 5.74) is 2.69. The van der Waals surface area contributed by atoms with Crippen LogP contribution >= 0.6 is 0 Å². The molecule has 0 N–H and O–H groups in total. The molecule has 138 valence electrons. The summed E-state index contributed by atoms with van der Waals surface area (Å²) in [7, 11) is 3.84. The van der Waals surface area contributed by atoms with Crippen LogP contribution in [-0.4, -0.2) is 53.5 Å².